The number of rotatable bonds is 7. The Morgan fingerprint density at radius 1 is 1.08 bits per heavy atom. The average Bonchev–Trinajstić information content (AvgIpc) is 3.12. The molecule has 0 aliphatic carbocycles. The van der Waals surface area contributed by atoms with E-state index in [9.17, 15) is 9.59 Å². The fraction of sp³-hybridized carbons (Fsp3) is 0.222. The Kier molecular flexibility index (Phi) is 5.45. The van der Waals surface area contributed by atoms with Crippen molar-refractivity contribution in [2.24, 2.45) is 0 Å². The van der Waals surface area contributed by atoms with Crippen molar-refractivity contribution >= 4 is 23.5 Å². The molecule has 1 aliphatic heterocycles. The number of benzene rings is 2. The van der Waals surface area contributed by atoms with E-state index in [4.69, 9.17) is 18.9 Å². The lowest BCUT2D eigenvalue weighted by atomic mass is 10.1. The Morgan fingerprint density at radius 2 is 1.84 bits per heavy atom. The highest BCUT2D eigenvalue weighted by molar-refractivity contribution is 8.00. The molecule has 0 fully saturated rings. The summed E-state index contributed by atoms with van der Waals surface area (Å²) < 4.78 is 20.5. The number of methoxy groups -OCH3 is 1. The number of hydrogen-bond acceptors (Lipinski definition) is 7. The van der Waals surface area contributed by atoms with Gasteiger partial charge < -0.3 is 18.9 Å². The topological polar surface area (TPSA) is 71.1 Å². The highest BCUT2D eigenvalue weighted by atomic mass is 32.2. The van der Waals surface area contributed by atoms with E-state index in [1.807, 2.05) is 24.3 Å². The molecule has 0 bridgehead atoms. The van der Waals surface area contributed by atoms with Crippen molar-refractivity contribution in [1.82, 2.24) is 0 Å². The standard InChI is InChI=1S/C18H16O6S/c1-21-13-3-5-14(6-4-13)25-10-18(20)22-9-15(19)12-2-7-16-17(8-12)24-11-23-16/h2-8H,9-11H2,1H3. The van der Waals surface area contributed by atoms with Crippen LogP contribution in [0.15, 0.2) is 47.4 Å². The summed E-state index contributed by atoms with van der Waals surface area (Å²) in [6, 6.07) is 12.2. The van der Waals surface area contributed by atoms with Gasteiger partial charge in [0.15, 0.2) is 23.9 Å². The minimum Gasteiger partial charge on any atom is -0.497 e. The zero-order chi connectivity index (χ0) is 17.6. The maximum absolute atomic E-state index is 12.1. The first-order valence-corrected chi connectivity index (χ1v) is 8.49. The third-order valence-corrected chi connectivity index (χ3v) is 4.46. The number of ketones is 1. The van der Waals surface area contributed by atoms with Crippen molar-refractivity contribution < 1.29 is 28.5 Å². The van der Waals surface area contributed by atoms with Crippen molar-refractivity contribution in [3.8, 4) is 17.2 Å². The van der Waals surface area contributed by atoms with Crippen LogP contribution in [0.1, 0.15) is 10.4 Å². The van der Waals surface area contributed by atoms with Crippen molar-refractivity contribution in [2.45, 2.75) is 4.90 Å². The van der Waals surface area contributed by atoms with E-state index in [-0.39, 0.29) is 24.9 Å². The van der Waals surface area contributed by atoms with Gasteiger partial charge in [0, 0.05) is 10.5 Å². The van der Waals surface area contributed by atoms with Crippen LogP contribution >= 0.6 is 11.8 Å². The first-order chi connectivity index (χ1) is 12.2. The number of ether oxygens (including phenoxy) is 4. The van der Waals surface area contributed by atoms with E-state index in [0.29, 0.717) is 17.1 Å². The minimum absolute atomic E-state index is 0.126. The second-order valence-corrected chi connectivity index (χ2v) is 6.16. The first-order valence-electron chi connectivity index (χ1n) is 7.51. The van der Waals surface area contributed by atoms with E-state index in [1.54, 1.807) is 25.3 Å². The Bertz CT molecular complexity index is 772. The van der Waals surface area contributed by atoms with Crippen LogP contribution in [0.4, 0.5) is 0 Å². The number of Topliss-reactive ketones (excluding diaryl/α,β-unsaturated/α-hetero) is 1. The Labute approximate surface area is 149 Å². The number of carbonyl (C=O) groups excluding carboxylic acids is 2. The molecule has 2 aromatic rings. The van der Waals surface area contributed by atoms with Crippen molar-refractivity contribution in [1.29, 1.82) is 0 Å². The molecule has 0 unspecified atom stereocenters. The van der Waals surface area contributed by atoms with Crippen LogP contribution in [0.2, 0.25) is 0 Å². The Hall–Kier alpha value is -2.67. The van der Waals surface area contributed by atoms with E-state index in [1.165, 1.54) is 11.8 Å². The minimum atomic E-state index is -0.449. The summed E-state index contributed by atoms with van der Waals surface area (Å²) in [4.78, 5) is 24.8. The number of hydrogen-bond donors (Lipinski definition) is 0. The Balaban J connectivity index is 1.46. The molecule has 0 saturated heterocycles. The van der Waals surface area contributed by atoms with Crippen molar-refractivity contribution in [3.05, 3.63) is 48.0 Å². The zero-order valence-electron chi connectivity index (χ0n) is 13.5. The molecule has 7 heteroatoms. The van der Waals surface area contributed by atoms with Gasteiger partial charge in [0.1, 0.15) is 5.75 Å². The van der Waals surface area contributed by atoms with Crippen molar-refractivity contribution in [3.63, 3.8) is 0 Å². The molecule has 130 valence electrons. The highest BCUT2D eigenvalue weighted by Crippen LogP contribution is 2.32. The summed E-state index contributed by atoms with van der Waals surface area (Å²) in [5.41, 5.74) is 0.417. The van der Waals surface area contributed by atoms with Gasteiger partial charge in [0.05, 0.1) is 12.9 Å². The molecule has 1 heterocycles. The maximum Gasteiger partial charge on any atom is 0.316 e. The molecule has 2 aromatic carbocycles. The number of thioether (sulfide) groups is 1. The van der Waals surface area contributed by atoms with Gasteiger partial charge in [-0.15, -0.1) is 11.8 Å². The summed E-state index contributed by atoms with van der Waals surface area (Å²) in [6.45, 7) is -0.161. The van der Waals surface area contributed by atoms with Crippen LogP contribution in [0.25, 0.3) is 0 Å². The second-order valence-electron chi connectivity index (χ2n) is 5.12. The van der Waals surface area contributed by atoms with Crippen LogP contribution < -0.4 is 14.2 Å². The molecule has 0 spiro atoms. The summed E-state index contributed by atoms with van der Waals surface area (Å²) >= 11 is 1.33. The molecule has 3 rings (SSSR count). The van der Waals surface area contributed by atoms with Gasteiger partial charge in [-0.05, 0) is 42.5 Å². The van der Waals surface area contributed by atoms with Crippen LogP contribution in [0, 0.1) is 0 Å². The number of carbonyl (C=O) groups is 2. The van der Waals surface area contributed by atoms with Gasteiger partial charge >= 0.3 is 5.97 Å². The van der Waals surface area contributed by atoms with Crippen LogP contribution in [-0.4, -0.2) is 38.0 Å². The first kappa shape index (κ1) is 17.2. The lowest BCUT2D eigenvalue weighted by molar-refractivity contribution is -0.139. The van der Waals surface area contributed by atoms with Gasteiger partial charge in [0.2, 0.25) is 6.79 Å². The molecule has 25 heavy (non-hydrogen) atoms. The molecule has 1 aliphatic rings. The molecule has 0 atom stereocenters. The molecular formula is C18H16O6S. The quantitative estimate of drug-likeness (QED) is 0.427. The largest absolute Gasteiger partial charge is 0.497 e. The Morgan fingerprint density at radius 3 is 2.60 bits per heavy atom. The molecule has 6 nitrogen and oxygen atoms in total. The number of fused-ring (bicyclic) bond motifs is 1. The third-order valence-electron chi connectivity index (χ3n) is 3.47. The van der Waals surface area contributed by atoms with Gasteiger partial charge in [-0.3, -0.25) is 9.59 Å². The van der Waals surface area contributed by atoms with Gasteiger partial charge in [-0.2, -0.15) is 0 Å². The van der Waals surface area contributed by atoms with E-state index < -0.39 is 5.97 Å². The second kappa shape index (κ2) is 7.94. The van der Waals surface area contributed by atoms with E-state index in [2.05, 4.69) is 0 Å². The van der Waals surface area contributed by atoms with Gasteiger partial charge in [0.25, 0.3) is 0 Å². The fourth-order valence-electron chi connectivity index (χ4n) is 2.16. The molecule has 0 amide bonds. The normalized spacial score (nSPS) is 11.9. The molecular weight excluding hydrogens is 344 g/mol. The maximum atomic E-state index is 12.1. The summed E-state index contributed by atoms with van der Waals surface area (Å²) in [6.07, 6.45) is 0. The predicted octanol–water partition coefficient (Wildman–Crippen LogP) is 2.94. The monoisotopic (exact) mass is 360 g/mol. The molecule has 0 radical (unpaired) electrons. The van der Waals surface area contributed by atoms with E-state index in [0.717, 1.165) is 10.6 Å². The van der Waals surface area contributed by atoms with Crippen LogP contribution in [0.5, 0.6) is 17.2 Å². The lowest BCUT2D eigenvalue weighted by Gasteiger charge is -2.06. The molecule has 0 saturated carbocycles. The number of esters is 1. The summed E-state index contributed by atoms with van der Waals surface area (Å²) in [7, 11) is 1.59. The third kappa shape index (κ3) is 4.45. The predicted molar refractivity (Wildman–Crippen MR) is 91.6 cm³/mol. The van der Waals surface area contributed by atoms with Gasteiger partial charge in [-0.1, -0.05) is 0 Å². The SMILES string of the molecule is COc1ccc(SCC(=O)OCC(=O)c2ccc3c(c2)OCO3)cc1. The summed E-state index contributed by atoms with van der Waals surface area (Å²) in [5, 5.41) is 0. The smallest absolute Gasteiger partial charge is 0.316 e. The van der Waals surface area contributed by atoms with E-state index >= 15 is 0 Å². The van der Waals surface area contributed by atoms with Gasteiger partial charge in [-0.25, -0.2) is 0 Å². The van der Waals surface area contributed by atoms with Crippen molar-refractivity contribution in [2.75, 3.05) is 26.3 Å². The van der Waals surface area contributed by atoms with Crippen LogP contribution in [-0.2, 0) is 9.53 Å². The zero-order valence-corrected chi connectivity index (χ0v) is 14.3. The summed E-state index contributed by atoms with van der Waals surface area (Å²) in [5.74, 6) is 1.26. The average molecular weight is 360 g/mol. The van der Waals surface area contributed by atoms with Crippen LogP contribution in [0.3, 0.4) is 0 Å². The molecule has 0 N–H and O–H groups in total. The molecule has 0 aromatic heterocycles. The lowest BCUT2D eigenvalue weighted by Crippen LogP contribution is -2.15. The fourth-order valence-corrected chi connectivity index (χ4v) is 2.85. The highest BCUT2D eigenvalue weighted by Gasteiger charge is 2.17.